The summed E-state index contributed by atoms with van der Waals surface area (Å²) < 4.78 is 18.8. The summed E-state index contributed by atoms with van der Waals surface area (Å²) >= 11 is 0. The van der Waals surface area contributed by atoms with E-state index in [1.807, 2.05) is 0 Å². The topological polar surface area (TPSA) is 63.2 Å². The summed E-state index contributed by atoms with van der Waals surface area (Å²) in [6.45, 7) is 0.313. The second-order valence-corrected chi connectivity index (χ2v) is 5.56. The van der Waals surface area contributed by atoms with E-state index in [0.29, 0.717) is 29.2 Å². The summed E-state index contributed by atoms with van der Waals surface area (Å²) in [6, 6.07) is 17.0. The number of pyridine rings is 1. The van der Waals surface area contributed by atoms with E-state index in [9.17, 15) is 9.18 Å². The summed E-state index contributed by atoms with van der Waals surface area (Å²) in [4.78, 5) is 16.5. The summed E-state index contributed by atoms with van der Waals surface area (Å²) in [7, 11) is 1.56. The van der Waals surface area contributed by atoms with Crippen LogP contribution >= 0.6 is 0 Å². The molecule has 0 spiro atoms. The van der Waals surface area contributed by atoms with Gasteiger partial charge in [0.25, 0.3) is 5.91 Å². The standard InChI is InChI=1S/C20H18FN3O2/c1-26-17-7-4-6-16(11-17)24-20(25)19-12-15(9-10-22-19)23-13-14-5-2-3-8-18(14)21/h2-12H,13H2,1H3,(H,22,23)(H,24,25). The highest BCUT2D eigenvalue weighted by molar-refractivity contribution is 6.03. The summed E-state index contributed by atoms with van der Waals surface area (Å²) in [6.07, 6.45) is 1.53. The molecule has 0 radical (unpaired) electrons. The van der Waals surface area contributed by atoms with Gasteiger partial charge in [-0.1, -0.05) is 24.3 Å². The molecule has 3 aromatic rings. The van der Waals surface area contributed by atoms with E-state index in [0.717, 1.165) is 0 Å². The normalized spacial score (nSPS) is 10.2. The number of nitrogens with zero attached hydrogens (tertiary/aromatic N) is 1. The molecule has 26 heavy (non-hydrogen) atoms. The van der Waals surface area contributed by atoms with Crippen molar-refractivity contribution in [1.29, 1.82) is 0 Å². The van der Waals surface area contributed by atoms with Crippen LogP contribution in [0.4, 0.5) is 15.8 Å². The first-order valence-corrected chi connectivity index (χ1v) is 8.04. The molecule has 132 valence electrons. The largest absolute Gasteiger partial charge is 0.497 e. The fourth-order valence-corrected chi connectivity index (χ4v) is 2.40. The molecule has 0 bridgehead atoms. The van der Waals surface area contributed by atoms with Crippen molar-refractivity contribution >= 4 is 17.3 Å². The summed E-state index contributed by atoms with van der Waals surface area (Å²) in [5, 5.41) is 5.87. The van der Waals surface area contributed by atoms with Gasteiger partial charge in [-0.15, -0.1) is 0 Å². The van der Waals surface area contributed by atoms with Crippen molar-refractivity contribution in [3.8, 4) is 5.75 Å². The fraction of sp³-hybridized carbons (Fsp3) is 0.100. The molecule has 0 aliphatic rings. The number of nitrogens with one attached hydrogen (secondary N) is 2. The van der Waals surface area contributed by atoms with Gasteiger partial charge in [0, 0.05) is 35.7 Å². The number of ether oxygens (including phenoxy) is 1. The lowest BCUT2D eigenvalue weighted by atomic mass is 10.2. The fourth-order valence-electron chi connectivity index (χ4n) is 2.40. The first-order chi connectivity index (χ1) is 12.7. The molecule has 2 aromatic carbocycles. The quantitative estimate of drug-likeness (QED) is 0.702. The highest BCUT2D eigenvalue weighted by Crippen LogP contribution is 2.18. The highest BCUT2D eigenvalue weighted by atomic mass is 19.1. The monoisotopic (exact) mass is 351 g/mol. The van der Waals surface area contributed by atoms with Crippen LogP contribution in [0.15, 0.2) is 66.9 Å². The molecule has 0 unspecified atom stereocenters. The molecule has 3 rings (SSSR count). The Kier molecular flexibility index (Phi) is 5.43. The van der Waals surface area contributed by atoms with Gasteiger partial charge in [0.15, 0.2) is 0 Å². The number of anilines is 2. The number of halogens is 1. The second-order valence-electron chi connectivity index (χ2n) is 5.56. The first kappa shape index (κ1) is 17.4. The van der Waals surface area contributed by atoms with Gasteiger partial charge in [-0.2, -0.15) is 0 Å². The maximum Gasteiger partial charge on any atom is 0.274 e. The first-order valence-electron chi connectivity index (χ1n) is 8.04. The minimum absolute atomic E-state index is 0.256. The Balaban J connectivity index is 1.68. The van der Waals surface area contributed by atoms with E-state index in [-0.39, 0.29) is 17.4 Å². The predicted octanol–water partition coefficient (Wildman–Crippen LogP) is 4.09. The minimum Gasteiger partial charge on any atom is -0.497 e. The molecular weight excluding hydrogens is 333 g/mol. The molecule has 1 aromatic heterocycles. The van der Waals surface area contributed by atoms with Crippen molar-refractivity contribution < 1.29 is 13.9 Å². The zero-order chi connectivity index (χ0) is 18.4. The van der Waals surface area contributed by atoms with Crippen molar-refractivity contribution in [3.05, 3.63) is 83.9 Å². The van der Waals surface area contributed by atoms with Gasteiger partial charge in [0.1, 0.15) is 17.3 Å². The Morgan fingerprint density at radius 3 is 2.73 bits per heavy atom. The predicted molar refractivity (Wildman–Crippen MR) is 98.9 cm³/mol. The molecule has 0 fully saturated rings. The Morgan fingerprint density at radius 1 is 1.08 bits per heavy atom. The van der Waals surface area contributed by atoms with Gasteiger partial charge < -0.3 is 15.4 Å². The number of carbonyl (C=O) groups is 1. The lowest BCUT2D eigenvalue weighted by molar-refractivity contribution is 0.102. The van der Waals surface area contributed by atoms with E-state index < -0.39 is 0 Å². The van der Waals surface area contributed by atoms with Crippen LogP contribution < -0.4 is 15.4 Å². The number of carbonyl (C=O) groups excluding carboxylic acids is 1. The van der Waals surface area contributed by atoms with Gasteiger partial charge in [0.05, 0.1) is 7.11 Å². The third-order valence-corrected chi connectivity index (χ3v) is 3.76. The van der Waals surface area contributed by atoms with Crippen molar-refractivity contribution in [2.75, 3.05) is 17.7 Å². The third-order valence-electron chi connectivity index (χ3n) is 3.76. The van der Waals surface area contributed by atoms with Gasteiger partial charge in [-0.3, -0.25) is 9.78 Å². The van der Waals surface area contributed by atoms with Crippen LogP contribution in [0.2, 0.25) is 0 Å². The number of benzene rings is 2. The lowest BCUT2D eigenvalue weighted by Crippen LogP contribution is -2.14. The van der Waals surface area contributed by atoms with Crippen LogP contribution in [0.5, 0.6) is 5.75 Å². The smallest absolute Gasteiger partial charge is 0.274 e. The number of methoxy groups -OCH3 is 1. The summed E-state index contributed by atoms with van der Waals surface area (Å²) in [5.74, 6) is 0.0360. The van der Waals surface area contributed by atoms with Crippen LogP contribution in [-0.2, 0) is 6.54 Å². The van der Waals surface area contributed by atoms with Gasteiger partial charge in [0.2, 0.25) is 0 Å². The molecule has 0 saturated carbocycles. The second kappa shape index (κ2) is 8.11. The van der Waals surface area contributed by atoms with Crippen molar-refractivity contribution in [1.82, 2.24) is 4.98 Å². The Morgan fingerprint density at radius 2 is 1.92 bits per heavy atom. The molecule has 1 amide bonds. The maximum atomic E-state index is 13.7. The SMILES string of the molecule is COc1cccc(NC(=O)c2cc(NCc3ccccc3F)ccn2)c1. The van der Waals surface area contributed by atoms with Gasteiger partial charge in [-0.05, 0) is 30.3 Å². The molecule has 1 heterocycles. The average Bonchev–Trinajstić information content (AvgIpc) is 2.68. The molecule has 0 aliphatic carbocycles. The maximum absolute atomic E-state index is 13.7. The molecular formula is C20H18FN3O2. The molecule has 0 aliphatic heterocycles. The summed E-state index contributed by atoms with van der Waals surface area (Å²) in [5.41, 5.74) is 2.10. The van der Waals surface area contributed by atoms with Crippen molar-refractivity contribution in [2.24, 2.45) is 0 Å². The van der Waals surface area contributed by atoms with Crippen molar-refractivity contribution in [3.63, 3.8) is 0 Å². The number of hydrogen-bond acceptors (Lipinski definition) is 4. The van der Waals surface area contributed by atoms with Gasteiger partial charge in [-0.25, -0.2) is 4.39 Å². The highest BCUT2D eigenvalue weighted by Gasteiger charge is 2.09. The van der Waals surface area contributed by atoms with Crippen LogP contribution in [-0.4, -0.2) is 18.0 Å². The Bertz CT molecular complexity index is 915. The molecule has 2 N–H and O–H groups in total. The van der Waals surface area contributed by atoms with E-state index in [2.05, 4.69) is 15.6 Å². The minimum atomic E-state index is -0.340. The average molecular weight is 351 g/mol. The van der Waals surface area contributed by atoms with E-state index in [4.69, 9.17) is 4.74 Å². The Labute approximate surface area is 150 Å². The number of amides is 1. The lowest BCUT2D eigenvalue weighted by Gasteiger charge is -2.10. The number of rotatable bonds is 6. The van der Waals surface area contributed by atoms with Crippen LogP contribution in [0.1, 0.15) is 16.1 Å². The number of hydrogen-bond donors (Lipinski definition) is 2. The third kappa shape index (κ3) is 4.36. The molecule has 6 heteroatoms. The van der Waals surface area contributed by atoms with Gasteiger partial charge >= 0.3 is 0 Å². The zero-order valence-corrected chi connectivity index (χ0v) is 14.2. The zero-order valence-electron chi connectivity index (χ0n) is 14.2. The van der Waals surface area contributed by atoms with Crippen molar-refractivity contribution in [2.45, 2.75) is 6.54 Å². The van der Waals surface area contributed by atoms with Crippen LogP contribution in [0, 0.1) is 5.82 Å². The van der Waals surface area contributed by atoms with E-state index in [1.165, 1.54) is 12.3 Å². The molecule has 5 nitrogen and oxygen atoms in total. The van der Waals surface area contributed by atoms with Crippen LogP contribution in [0.3, 0.4) is 0 Å². The molecule has 0 saturated heterocycles. The van der Waals surface area contributed by atoms with Crippen LogP contribution in [0.25, 0.3) is 0 Å². The van der Waals surface area contributed by atoms with E-state index >= 15 is 0 Å². The molecule has 0 atom stereocenters. The number of aromatic nitrogens is 1. The van der Waals surface area contributed by atoms with E-state index in [1.54, 1.807) is 61.7 Å². The Hall–Kier alpha value is -3.41.